The number of carboxylic acid groups (broad SMARTS) is 1. The summed E-state index contributed by atoms with van der Waals surface area (Å²) in [5.74, 6) is -1.33. The maximum atomic E-state index is 13.7. The summed E-state index contributed by atoms with van der Waals surface area (Å²) < 4.78 is 28.4. The van der Waals surface area contributed by atoms with Gasteiger partial charge >= 0.3 is 5.97 Å². The SMILES string of the molecule is Cc1cc(C#N)cc2c1cc(C(O)c1c(Cl)ccc(C(=O)O)c1Cl)n2S(=O)(=O)c1ccccc1. The number of nitrogens with zero attached hydrogens (tertiary/aromatic N) is 2. The number of hydrogen-bond acceptors (Lipinski definition) is 5. The first-order chi connectivity index (χ1) is 16.1. The molecule has 1 atom stereocenters. The zero-order valence-corrected chi connectivity index (χ0v) is 19.9. The summed E-state index contributed by atoms with van der Waals surface area (Å²) in [6.45, 7) is 1.71. The topological polar surface area (TPSA) is 120 Å². The number of carbonyl (C=O) groups is 1. The maximum Gasteiger partial charge on any atom is 0.337 e. The molecule has 0 bridgehead atoms. The molecule has 0 amide bonds. The Morgan fingerprint density at radius 1 is 1.09 bits per heavy atom. The van der Waals surface area contributed by atoms with Crippen LogP contribution in [-0.4, -0.2) is 28.6 Å². The Labute approximate surface area is 205 Å². The number of halogens is 2. The van der Waals surface area contributed by atoms with E-state index in [1.54, 1.807) is 31.2 Å². The first-order valence-electron chi connectivity index (χ1n) is 9.84. The highest BCUT2D eigenvalue weighted by Crippen LogP contribution is 2.40. The fraction of sp³-hybridized carbons (Fsp3) is 0.0833. The molecule has 4 rings (SSSR count). The second-order valence-corrected chi connectivity index (χ2v) is 10.1. The molecule has 1 heterocycles. The average molecular weight is 515 g/mol. The number of aliphatic hydroxyl groups is 1. The molecule has 1 aromatic heterocycles. The zero-order chi connectivity index (χ0) is 24.8. The molecule has 3 aromatic carbocycles. The first-order valence-corrected chi connectivity index (χ1v) is 12.0. The summed E-state index contributed by atoms with van der Waals surface area (Å²) in [5, 5.41) is 30.4. The predicted molar refractivity (Wildman–Crippen MR) is 128 cm³/mol. The molecule has 0 spiro atoms. The second-order valence-electron chi connectivity index (χ2n) is 7.52. The van der Waals surface area contributed by atoms with E-state index in [0.717, 1.165) is 3.97 Å². The third-order valence-electron chi connectivity index (χ3n) is 5.43. The molecule has 0 aliphatic carbocycles. The van der Waals surface area contributed by atoms with E-state index in [-0.39, 0.29) is 42.8 Å². The van der Waals surface area contributed by atoms with E-state index in [2.05, 4.69) is 0 Å². The van der Waals surface area contributed by atoms with E-state index in [4.69, 9.17) is 23.2 Å². The van der Waals surface area contributed by atoms with E-state index < -0.39 is 22.1 Å². The molecule has 0 aliphatic heterocycles. The van der Waals surface area contributed by atoms with E-state index in [9.17, 15) is 28.7 Å². The van der Waals surface area contributed by atoms with Crippen LogP contribution in [0.3, 0.4) is 0 Å². The molecule has 0 fully saturated rings. The van der Waals surface area contributed by atoms with E-state index in [1.807, 2.05) is 6.07 Å². The van der Waals surface area contributed by atoms with Crippen molar-refractivity contribution in [3.8, 4) is 6.07 Å². The lowest BCUT2D eigenvalue weighted by atomic mass is 10.0. The Balaban J connectivity index is 2.10. The van der Waals surface area contributed by atoms with Gasteiger partial charge in [0.1, 0.15) is 6.10 Å². The van der Waals surface area contributed by atoms with Crippen molar-refractivity contribution in [2.45, 2.75) is 17.9 Å². The minimum absolute atomic E-state index is 0.0362. The second kappa shape index (κ2) is 8.78. The number of aliphatic hydroxyl groups excluding tert-OH is 1. The van der Waals surface area contributed by atoms with Gasteiger partial charge in [-0.25, -0.2) is 17.2 Å². The number of carboxylic acids is 1. The van der Waals surface area contributed by atoms with Crippen LogP contribution < -0.4 is 0 Å². The van der Waals surface area contributed by atoms with Crippen LogP contribution in [-0.2, 0) is 10.0 Å². The lowest BCUT2D eigenvalue weighted by Crippen LogP contribution is -2.19. The number of aryl methyl sites for hydroxylation is 1. The smallest absolute Gasteiger partial charge is 0.337 e. The fourth-order valence-corrected chi connectivity index (χ4v) is 6.05. The number of benzene rings is 3. The van der Waals surface area contributed by atoms with Crippen LogP contribution in [0.15, 0.2) is 65.6 Å². The Hall–Kier alpha value is -3.35. The zero-order valence-electron chi connectivity index (χ0n) is 17.5. The Morgan fingerprint density at radius 2 is 1.76 bits per heavy atom. The van der Waals surface area contributed by atoms with Crippen molar-refractivity contribution in [1.29, 1.82) is 5.26 Å². The molecule has 10 heteroatoms. The third-order valence-corrected chi connectivity index (χ3v) is 7.92. The van der Waals surface area contributed by atoms with Gasteiger partial charge in [-0.05, 0) is 55.0 Å². The number of nitriles is 1. The molecule has 0 radical (unpaired) electrons. The molecule has 0 saturated heterocycles. The number of aromatic carboxylic acids is 1. The molecule has 1 unspecified atom stereocenters. The van der Waals surface area contributed by atoms with Gasteiger partial charge in [0.05, 0.1) is 38.3 Å². The highest BCUT2D eigenvalue weighted by molar-refractivity contribution is 7.90. The van der Waals surface area contributed by atoms with Crippen LogP contribution in [0.4, 0.5) is 0 Å². The standard InChI is InChI=1S/C24H16Cl2N2O5S/c1-13-9-14(12-27)10-19-17(13)11-20(28(19)34(32,33)15-5-3-2-4-6-15)23(29)21-18(25)8-7-16(22(21)26)24(30)31/h2-11,23,29H,1H3,(H,30,31). The van der Waals surface area contributed by atoms with Gasteiger partial charge in [-0.3, -0.25) is 0 Å². The summed E-state index contributed by atoms with van der Waals surface area (Å²) in [6, 6.07) is 16.6. The molecule has 172 valence electrons. The normalized spacial score (nSPS) is 12.4. The summed E-state index contributed by atoms with van der Waals surface area (Å²) in [4.78, 5) is 11.5. The Morgan fingerprint density at radius 3 is 2.38 bits per heavy atom. The summed E-state index contributed by atoms with van der Waals surface area (Å²) >= 11 is 12.6. The van der Waals surface area contributed by atoms with Gasteiger partial charge in [0, 0.05) is 16.0 Å². The molecule has 4 aromatic rings. The van der Waals surface area contributed by atoms with Crippen molar-refractivity contribution >= 4 is 50.1 Å². The van der Waals surface area contributed by atoms with Gasteiger partial charge in [-0.1, -0.05) is 41.4 Å². The highest BCUT2D eigenvalue weighted by atomic mass is 35.5. The van der Waals surface area contributed by atoms with Gasteiger partial charge in [-0.2, -0.15) is 5.26 Å². The fourth-order valence-electron chi connectivity index (χ4n) is 3.83. The number of fused-ring (bicyclic) bond motifs is 1. The van der Waals surface area contributed by atoms with Gasteiger partial charge in [0.15, 0.2) is 0 Å². The molecular weight excluding hydrogens is 499 g/mol. The van der Waals surface area contributed by atoms with Crippen molar-refractivity contribution in [2.75, 3.05) is 0 Å². The Bertz CT molecular complexity index is 1610. The number of hydrogen-bond donors (Lipinski definition) is 2. The molecule has 2 N–H and O–H groups in total. The van der Waals surface area contributed by atoms with Gasteiger partial charge in [0.2, 0.25) is 0 Å². The minimum atomic E-state index is -4.26. The summed E-state index contributed by atoms with van der Waals surface area (Å²) in [7, 11) is -4.26. The molecular formula is C24H16Cl2N2O5S. The van der Waals surface area contributed by atoms with Gasteiger partial charge in [-0.15, -0.1) is 0 Å². The number of aromatic nitrogens is 1. The lowest BCUT2D eigenvalue weighted by molar-refractivity contribution is 0.0696. The van der Waals surface area contributed by atoms with Crippen molar-refractivity contribution in [1.82, 2.24) is 3.97 Å². The molecule has 0 aliphatic rings. The van der Waals surface area contributed by atoms with Crippen molar-refractivity contribution in [3.05, 3.63) is 98.7 Å². The molecule has 0 saturated carbocycles. The van der Waals surface area contributed by atoms with Crippen LogP contribution in [0.1, 0.15) is 38.8 Å². The van der Waals surface area contributed by atoms with Crippen LogP contribution in [0, 0.1) is 18.3 Å². The van der Waals surface area contributed by atoms with Crippen molar-refractivity contribution in [2.24, 2.45) is 0 Å². The molecule has 34 heavy (non-hydrogen) atoms. The highest BCUT2D eigenvalue weighted by Gasteiger charge is 2.31. The predicted octanol–water partition coefficient (Wildman–Crippen LogP) is 5.15. The minimum Gasteiger partial charge on any atom is -0.478 e. The lowest BCUT2D eigenvalue weighted by Gasteiger charge is -2.19. The van der Waals surface area contributed by atoms with Crippen LogP contribution >= 0.6 is 23.2 Å². The number of rotatable bonds is 5. The van der Waals surface area contributed by atoms with E-state index in [0.29, 0.717) is 10.9 Å². The van der Waals surface area contributed by atoms with Crippen molar-refractivity contribution < 1.29 is 23.4 Å². The van der Waals surface area contributed by atoms with E-state index >= 15 is 0 Å². The summed E-state index contributed by atoms with van der Waals surface area (Å²) in [5.41, 5.74) is 0.475. The van der Waals surface area contributed by atoms with Gasteiger partial charge < -0.3 is 10.2 Å². The van der Waals surface area contributed by atoms with E-state index in [1.165, 1.54) is 36.4 Å². The Kier molecular flexibility index (Phi) is 6.14. The molecule has 7 nitrogen and oxygen atoms in total. The first kappa shape index (κ1) is 23.8. The average Bonchev–Trinajstić information content (AvgIpc) is 3.20. The largest absolute Gasteiger partial charge is 0.478 e. The van der Waals surface area contributed by atoms with Gasteiger partial charge in [0.25, 0.3) is 10.0 Å². The monoisotopic (exact) mass is 514 g/mol. The maximum absolute atomic E-state index is 13.7. The van der Waals surface area contributed by atoms with Crippen LogP contribution in [0.5, 0.6) is 0 Å². The summed E-state index contributed by atoms with van der Waals surface area (Å²) in [6.07, 6.45) is -1.70. The third kappa shape index (κ3) is 3.83. The van der Waals surface area contributed by atoms with Crippen molar-refractivity contribution in [3.63, 3.8) is 0 Å². The van der Waals surface area contributed by atoms with Crippen LogP contribution in [0.2, 0.25) is 10.0 Å². The quantitative estimate of drug-likeness (QED) is 0.380. The van der Waals surface area contributed by atoms with Crippen LogP contribution in [0.25, 0.3) is 10.9 Å².